The van der Waals surface area contributed by atoms with Crippen molar-refractivity contribution in [1.29, 1.82) is 0 Å². The molecule has 0 radical (unpaired) electrons. The van der Waals surface area contributed by atoms with Crippen LogP contribution in [0.1, 0.15) is 49.4 Å². The molecule has 2 aromatic rings. The van der Waals surface area contributed by atoms with Crippen molar-refractivity contribution in [3.8, 4) is 5.75 Å². The number of carbonyl (C=O) groups is 2. The van der Waals surface area contributed by atoms with Gasteiger partial charge in [-0.05, 0) is 50.1 Å². The number of hydrogen-bond donors (Lipinski definition) is 2. The van der Waals surface area contributed by atoms with Crippen LogP contribution in [0.3, 0.4) is 0 Å². The monoisotopic (exact) mass is 427 g/mol. The van der Waals surface area contributed by atoms with E-state index in [2.05, 4.69) is 10.00 Å². The number of aliphatic carboxylic acids is 1. The van der Waals surface area contributed by atoms with Crippen molar-refractivity contribution in [2.45, 2.75) is 50.1 Å². The Morgan fingerprint density at radius 1 is 1.23 bits per heavy atom. The van der Waals surface area contributed by atoms with E-state index in [9.17, 15) is 9.59 Å². The van der Waals surface area contributed by atoms with E-state index in [0.29, 0.717) is 28.8 Å². The van der Waals surface area contributed by atoms with Crippen molar-refractivity contribution in [3.63, 3.8) is 0 Å². The van der Waals surface area contributed by atoms with Crippen LogP contribution in [-0.2, 0) is 9.59 Å². The molecule has 1 aromatic heterocycles. The number of thioether (sulfide) groups is 1. The number of nitrogens with one attached hydrogen (secondary N) is 1. The number of carboxylic acids is 1. The molecule has 30 heavy (non-hydrogen) atoms. The number of aryl methyl sites for hydroxylation is 1. The highest BCUT2D eigenvalue weighted by atomic mass is 32.2. The number of amides is 1. The largest absolute Gasteiger partial charge is 0.482 e. The number of benzene rings is 1. The van der Waals surface area contributed by atoms with Crippen LogP contribution in [-0.4, -0.2) is 39.1 Å². The third-order valence-corrected chi connectivity index (χ3v) is 6.59. The van der Waals surface area contributed by atoms with E-state index in [1.807, 2.05) is 13.0 Å². The fraction of sp³-hybridized carbons (Fsp3) is 0.409. The number of anilines is 1. The molecule has 0 spiro atoms. The van der Waals surface area contributed by atoms with E-state index in [0.717, 1.165) is 11.3 Å². The van der Waals surface area contributed by atoms with Crippen molar-refractivity contribution >= 4 is 35.4 Å². The minimum absolute atomic E-state index is 0.142. The predicted octanol–water partition coefficient (Wildman–Crippen LogP) is 4.29. The van der Waals surface area contributed by atoms with Gasteiger partial charge in [-0.3, -0.25) is 9.48 Å². The second-order valence-corrected chi connectivity index (χ2v) is 8.62. The molecule has 1 aliphatic carbocycles. The van der Waals surface area contributed by atoms with Crippen LogP contribution in [0.4, 0.5) is 5.69 Å². The van der Waals surface area contributed by atoms with Gasteiger partial charge in [0.05, 0.1) is 11.7 Å². The number of carboxylic acid groups (broad SMARTS) is 1. The first kappa shape index (κ1) is 20.5. The van der Waals surface area contributed by atoms with Crippen LogP contribution in [0.15, 0.2) is 34.9 Å². The van der Waals surface area contributed by atoms with Gasteiger partial charge in [0.2, 0.25) is 0 Å². The number of aromatic nitrogens is 2. The van der Waals surface area contributed by atoms with Crippen LogP contribution in [0.2, 0.25) is 0 Å². The molecule has 1 fully saturated rings. The first-order valence-corrected chi connectivity index (χ1v) is 11.2. The average Bonchev–Trinajstić information content (AvgIpc) is 3.10. The molecular weight excluding hydrogens is 402 g/mol. The predicted molar refractivity (Wildman–Crippen MR) is 116 cm³/mol. The smallest absolute Gasteiger partial charge is 0.341 e. The van der Waals surface area contributed by atoms with Gasteiger partial charge in [-0.15, -0.1) is 11.8 Å². The summed E-state index contributed by atoms with van der Waals surface area (Å²) in [6.07, 6.45) is 8.14. The Morgan fingerprint density at radius 2 is 1.97 bits per heavy atom. The SMILES string of the molecule is Cc1nn(C2CCCCC2)c2c1C=C(C(=O)Nc1ccc(OCC(=O)O)cc1)CS2. The summed E-state index contributed by atoms with van der Waals surface area (Å²) in [5, 5.41) is 17.5. The zero-order chi connectivity index (χ0) is 21.1. The lowest BCUT2D eigenvalue weighted by Gasteiger charge is -2.24. The molecule has 158 valence electrons. The summed E-state index contributed by atoms with van der Waals surface area (Å²) in [4.78, 5) is 23.3. The van der Waals surface area contributed by atoms with E-state index in [1.54, 1.807) is 36.0 Å². The lowest BCUT2D eigenvalue weighted by atomic mass is 9.96. The summed E-state index contributed by atoms with van der Waals surface area (Å²) in [5.41, 5.74) is 3.37. The Balaban J connectivity index is 1.45. The van der Waals surface area contributed by atoms with Gasteiger partial charge < -0.3 is 15.2 Å². The van der Waals surface area contributed by atoms with Crippen LogP contribution in [0, 0.1) is 6.92 Å². The van der Waals surface area contributed by atoms with Gasteiger partial charge in [0.1, 0.15) is 10.8 Å². The Bertz CT molecular complexity index is 975. The first-order chi connectivity index (χ1) is 14.5. The molecule has 4 rings (SSSR count). The minimum atomic E-state index is -1.03. The number of nitrogens with zero attached hydrogens (tertiary/aromatic N) is 2. The van der Waals surface area contributed by atoms with E-state index in [-0.39, 0.29) is 5.91 Å². The van der Waals surface area contributed by atoms with Crippen molar-refractivity contribution in [1.82, 2.24) is 9.78 Å². The molecule has 0 saturated heterocycles. The van der Waals surface area contributed by atoms with Crippen molar-refractivity contribution < 1.29 is 19.4 Å². The highest BCUT2D eigenvalue weighted by Crippen LogP contribution is 2.39. The number of rotatable bonds is 6. The van der Waals surface area contributed by atoms with Crippen molar-refractivity contribution in [2.75, 3.05) is 17.7 Å². The molecule has 2 aliphatic rings. The van der Waals surface area contributed by atoms with Crippen LogP contribution < -0.4 is 10.1 Å². The Morgan fingerprint density at radius 3 is 2.67 bits per heavy atom. The van der Waals surface area contributed by atoms with Gasteiger partial charge in [-0.1, -0.05) is 19.3 Å². The van der Waals surface area contributed by atoms with E-state index in [4.69, 9.17) is 14.9 Å². The Labute approximate surface area is 179 Å². The van der Waals surface area contributed by atoms with Crippen molar-refractivity contribution in [2.24, 2.45) is 0 Å². The van der Waals surface area contributed by atoms with Gasteiger partial charge in [0.25, 0.3) is 5.91 Å². The topological polar surface area (TPSA) is 93.5 Å². The van der Waals surface area contributed by atoms with Gasteiger partial charge in [-0.25, -0.2) is 4.79 Å². The summed E-state index contributed by atoms with van der Waals surface area (Å²) in [5.74, 6) is -0.123. The lowest BCUT2D eigenvalue weighted by molar-refractivity contribution is -0.139. The van der Waals surface area contributed by atoms with Crippen molar-refractivity contribution in [3.05, 3.63) is 41.1 Å². The molecule has 1 saturated carbocycles. The number of ether oxygens (including phenoxy) is 1. The van der Waals surface area contributed by atoms with Crippen LogP contribution >= 0.6 is 11.8 Å². The second kappa shape index (κ2) is 8.95. The number of hydrogen-bond acceptors (Lipinski definition) is 5. The molecule has 1 aromatic carbocycles. The summed E-state index contributed by atoms with van der Waals surface area (Å²) in [6.45, 7) is 1.61. The molecule has 0 unspecified atom stereocenters. The molecule has 1 amide bonds. The van der Waals surface area contributed by atoms with Crippen LogP contribution in [0.25, 0.3) is 6.08 Å². The van der Waals surface area contributed by atoms with Gasteiger partial charge in [0.15, 0.2) is 6.61 Å². The number of carbonyl (C=O) groups excluding carboxylic acids is 1. The summed E-state index contributed by atoms with van der Waals surface area (Å²) in [6, 6.07) is 7.14. The quantitative estimate of drug-likeness (QED) is 0.714. The molecule has 2 heterocycles. The highest BCUT2D eigenvalue weighted by molar-refractivity contribution is 7.99. The summed E-state index contributed by atoms with van der Waals surface area (Å²) >= 11 is 1.68. The van der Waals surface area contributed by atoms with E-state index < -0.39 is 12.6 Å². The maximum Gasteiger partial charge on any atom is 0.341 e. The Hall–Kier alpha value is -2.74. The summed E-state index contributed by atoms with van der Waals surface area (Å²) < 4.78 is 7.30. The molecule has 2 N–H and O–H groups in total. The normalized spacial score (nSPS) is 16.5. The molecule has 0 bridgehead atoms. The minimum Gasteiger partial charge on any atom is -0.482 e. The highest BCUT2D eigenvalue weighted by Gasteiger charge is 2.26. The van der Waals surface area contributed by atoms with E-state index in [1.165, 1.54) is 37.1 Å². The molecule has 0 atom stereocenters. The summed E-state index contributed by atoms with van der Waals surface area (Å²) in [7, 11) is 0. The maximum atomic E-state index is 12.8. The molecule has 7 nitrogen and oxygen atoms in total. The fourth-order valence-electron chi connectivity index (χ4n) is 3.91. The zero-order valence-corrected chi connectivity index (χ0v) is 17.7. The van der Waals surface area contributed by atoms with Crippen LogP contribution in [0.5, 0.6) is 5.75 Å². The van der Waals surface area contributed by atoms with Gasteiger partial charge in [-0.2, -0.15) is 5.10 Å². The molecular formula is C22H25N3O4S. The maximum absolute atomic E-state index is 12.8. The second-order valence-electron chi connectivity index (χ2n) is 7.66. The Kier molecular flexibility index (Phi) is 6.13. The first-order valence-electron chi connectivity index (χ1n) is 10.2. The lowest BCUT2D eigenvalue weighted by Crippen LogP contribution is -2.19. The standard InChI is InChI=1S/C22H25N3O4S/c1-14-19-11-15(13-30-22(19)25(24-14)17-5-3-2-4-6-17)21(28)23-16-7-9-18(10-8-16)29-12-20(26)27/h7-11,17H,2-6,12-13H2,1H3,(H,23,28)(H,26,27). The third kappa shape index (κ3) is 4.53. The molecule has 8 heteroatoms. The molecule has 1 aliphatic heterocycles. The number of fused-ring (bicyclic) bond motifs is 1. The zero-order valence-electron chi connectivity index (χ0n) is 16.9. The van der Waals surface area contributed by atoms with Gasteiger partial charge in [0, 0.05) is 22.6 Å². The third-order valence-electron chi connectivity index (χ3n) is 5.46. The van der Waals surface area contributed by atoms with E-state index >= 15 is 0 Å². The average molecular weight is 428 g/mol. The van der Waals surface area contributed by atoms with Gasteiger partial charge >= 0.3 is 5.97 Å². The fourth-order valence-corrected chi connectivity index (χ4v) is 5.10.